The number of thiazole rings is 2. The van der Waals surface area contributed by atoms with Gasteiger partial charge in [0.2, 0.25) is 0 Å². The third-order valence-electron chi connectivity index (χ3n) is 4.44. The fraction of sp³-hybridized carbons (Fsp3) is 0.150. The van der Waals surface area contributed by atoms with E-state index in [-0.39, 0.29) is 12.1 Å². The molecule has 7 nitrogen and oxygen atoms in total. The second-order valence-corrected chi connectivity index (χ2v) is 9.43. The lowest BCUT2D eigenvalue weighted by molar-refractivity contribution is -0.118. The van der Waals surface area contributed by atoms with Gasteiger partial charge in [0.1, 0.15) is 17.6 Å². The molecule has 0 aliphatic carbocycles. The van der Waals surface area contributed by atoms with E-state index in [4.69, 9.17) is 23.8 Å². The first-order valence-corrected chi connectivity index (χ1v) is 11.6. The number of halogens is 1. The molecule has 1 amide bonds. The molecule has 0 unspecified atom stereocenters. The van der Waals surface area contributed by atoms with Gasteiger partial charge in [-0.1, -0.05) is 47.2 Å². The number of carbonyl (C=O) groups excluding carboxylic acids is 1. The molecule has 0 bridgehead atoms. The van der Waals surface area contributed by atoms with Crippen LogP contribution in [0.15, 0.2) is 64.6 Å². The van der Waals surface area contributed by atoms with Crippen LogP contribution in [-0.2, 0) is 24.4 Å². The number of amides is 1. The number of benzene rings is 1. The number of hydrogen-bond acceptors (Lipinski definition) is 6. The average Bonchev–Trinajstić information content (AvgIpc) is 3.31. The number of aromatic nitrogens is 4. The first kappa shape index (κ1) is 21.6. The van der Waals surface area contributed by atoms with E-state index in [9.17, 15) is 9.59 Å². The van der Waals surface area contributed by atoms with Gasteiger partial charge in [-0.15, -0.1) is 17.9 Å². The van der Waals surface area contributed by atoms with Crippen molar-refractivity contribution in [2.24, 2.45) is 4.99 Å². The summed E-state index contributed by atoms with van der Waals surface area (Å²) in [5.74, 6) is -0.451. The molecule has 0 fully saturated rings. The summed E-state index contributed by atoms with van der Waals surface area (Å²) in [5.41, 5.74) is 1.10. The van der Waals surface area contributed by atoms with Crippen LogP contribution in [0.25, 0.3) is 10.3 Å². The molecule has 0 spiro atoms. The van der Waals surface area contributed by atoms with Crippen LogP contribution in [-0.4, -0.2) is 24.6 Å². The van der Waals surface area contributed by atoms with E-state index in [1.54, 1.807) is 10.6 Å². The van der Waals surface area contributed by atoms with E-state index in [1.165, 1.54) is 33.6 Å². The van der Waals surface area contributed by atoms with Crippen molar-refractivity contribution >= 4 is 62.7 Å². The van der Waals surface area contributed by atoms with Crippen molar-refractivity contribution in [3.8, 4) is 0 Å². The molecule has 3 aromatic heterocycles. The highest BCUT2D eigenvalue weighted by Gasteiger charge is 2.13. The molecule has 158 valence electrons. The van der Waals surface area contributed by atoms with Crippen molar-refractivity contribution in [3.63, 3.8) is 0 Å². The van der Waals surface area contributed by atoms with Crippen molar-refractivity contribution in [1.29, 1.82) is 0 Å². The molecule has 0 saturated carbocycles. The van der Waals surface area contributed by atoms with Gasteiger partial charge in [0.05, 0.1) is 6.54 Å². The number of hydrogen-bond donors (Lipinski definition) is 0. The Labute approximate surface area is 194 Å². The molecule has 0 N–H and O–H groups in total. The second kappa shape index (κ2) is 9.23. The fourth-order valence-corrected chi connectivity index (χ4v) is 5.24. The Hall–Kier alpha value is -2.66. The van der Waals surface area contributed by atoms with E-state index in [1.807, 2.05) is 40.4 Å². The maximum atomic E-state index is 12.8. The molecule has 11 heteroatoms. The highest BCUT2D eigenvalue weighted by molar-refractivity contribution is 7.73. The molecule has 0 aliphatic rings. The highest BCUT2D eigenvalue weighted by Crippen LogP contribution is 2.18. The van der Waals surface area contributed by atoms with Gasteiger partial charge in [-0.25, -0.2) is 4.98 Å². The van der Waals surface area contributed by atoms with E-state index in [0.29, 0.717) is 37.2 Å². The Balaban J connectivity index is 1.61. The zero-order valence-electron chi connectivity index (χ0n) is 16.1. The van der Waals surface area contributed by atoms with Crippen molar-refractivity contribution in [2.45, 2.75) is 19.6 Å². The lowest BCUT2D eigenvalue weighted by atomic mass is 10.2. The van der Waals surface area contributed by atoms with Crippen LogP contribution < -0.4 is 10.4 Å². The van der Waals surface area contributed by atoms with Crippen molar-refractivity contribution in [2.75, 3.05) is 0 Å². The maximum absolute atomic E-state index is 12.8. The Bertz CT molecular complexity index is 1470. The number of fused-ring (bicyclic) bond motifs is 1. The van der Waals surface area contributed by atoms with Crippen LogP contribution in [0, 0.1) is 3.95 Å². The second-order valence-electron chi connectivity index (χ2n) is 6.51. The molecule has 0 saturated heterocycles. The molecule has 0 atom stereocenters. The van der Waals surface area contributed by atoms with E-state index < -0.39 is 5.91 Å². The van der Waals surface area contributed by atoms with Crippen molar-refractivity contribution < 1.29 is 4.79 Å². The molecule has 0 aliphatic heterocycles. The normalized spacial score (nSPS) is 11.8. The lowest BCUT2D eigenvalue weighted by Crippen LogP contribution is -2.25. The standard InChI is InChI=1S/C20H16ClN5O2S3/c1-2-7-26-17-16(31-20(26)29)18(28)25(12-22-17)11-15(27)23-19-24(8-9-30-19)10-13-5-3-4-6-14(13)21/h2-6,8-9,12H,1,7,10-11H2. The van der Waals surface area contributed by atoms with Gasteiger partial charge >= 0.3 is 0 Å². The van der Waals surface area contributed by atoms with Gasteiger partial charge in [-0.2, -0.15) is 4.99 Å². The zero-order valence-corrected chi connectivity index (χ0v) is 19.3. The first-order chi connectivity index (χ1) is 15.0. The van der Waals surface area contributed by atoms with Gasteiger partial charge in [-0.3, -0.25) is 14.2 Å². The summed E-state index contributed by atoms with van der Waals surface area (Å²) in [6.07, 6.45) is 4.89. The monoisotopic (exact) mass is 489 g/mol. The van der Waals surface area contributed by atoms with Crippen molar-refractivity contribution in [3.05, 3.63) is 84.5 Å². The summed E-state index contributed by atoms with van der Waals surface area (Å²) in [4.78, 5) is 34.5. The summed E-state index contributed by atoms with van der Waals surface area (Å²) in [6, 6.07) is 7.51. The number of rotatable bonds is 6. The molecule has 31 heavy (non-hydrogen) atoms. The highest BCUT2D eigenvalue weighted by atomic mass is 35.5. The predicted octanol–water partition coefficient (Wildman–Crippen LogP) is 3.87. The Morgan fingerprint density at radius 1 is 1.32 bits per heavy atom. The van der Waals surface area contributed by atoms with Crippen LogP contribution in [0.3, 0.4) is 0 Å². The Kier molecular flexibility index (Phi) is 6.42. The minimum absolute atomic E-state index is 0.210. The molecular formula is C20H16ClN5O2S3. The lowest BCUT2D eigenvalue weighted by Gasteiger charge is -2.06. The summed E-state index contributed by atoms with van der Waals surface area (Å²) >= 11 is 14.1. The molecule has 0 radical (unpaired) electrons. The van der Waals surface area contributed by atoms with Crippen LogP contribution in [0.2, 0.25) is 5.02 Å². The van der Waals surface area contributed by atoms with Gasteiger partial charge < -0.3 is 9.13 Å². The fourth-order valence-electron chi connectivity index (χ4n) is 2.98. The summed E-state index contributed by atoms with van der Waals surface area (Å²) in [6.45, 7) is 4.44. The van der Waals surface area contributed by atoms with Crippen LogP contribution in [0.5, 0.6) is 0 Å². The van der Waals surface area contributed by atoms with Crippen LogP contribution >= 0.6 is 46.5 Å². The first-order valence-electron chi connectivity index (χ1n) is 9.12. The van der Waals surface area contributed by atoms with Crippen molar-refractivity contribution in [1.82, 2.24) is 18.7 Å². The minimum atomic E-state index is -0.451. The van der Waals surface area contributed by atoms with E-state index in [0.717, 1.165) is 5.56 Å². The SMILES string of the molecule is C=CCn1c(=S)sc2c(=O)n(CC(=O)N=c3sccn3Cc3ccccc3Cl)cnc21. The summed E-state index contributed by atoms with van der Waals surface area (Å²) in [7, 11) is 0. The van der Waals surface area contributed by atoms with E-state index >= 15 is 0 Å². The van der Waals surface area contributed by atoms with Gasteiger partial charge in [0.25, 0.3) is 11.5 Å². The third kappa shape index (κ3) is 4.52. The summed E-state index contributed by atoms with van der Waals surface area (Å²) < 4.78 is 5.78. The quantitative estimate of drug-likeness (QED) is 0.304. The molecule has 4 rings (SSSR count). The average molecular weight is 490 g/mol. The zero-order chi connectivity index (χ0) is 22.0. The summed E-state index contributed by atoms with van der Waals surface area (Å²) in [5, 5.41) is 2.49. The largest absolute Gasteiger partial charge is 0.319 e. The molecule has 1 aromatic carbocycles. The number of nitrogens with zero attached hydrogens (tertiary/aromatic N) is 5. The Morgan fingerprint density at radius 2 is 2.13 bits per heavy atom. The Morgan fingerprint density at radius 3 is 2.90 bits per heavy atom. The number of carbonyl (C=O) groups is 1. The smallest absolute Gasteiger partial charge is 0.273 e. The molecule has 3 heterocycles. The third-order valence-corrected chi connectivity index (χ3v) is 7.03. The number of allylic oxidation sites excluding steroid dienone is 1. The van der Waals surface area contributed by atoms with Crippen LogP contribution in [0.4, 0.5) is 0 Å². The molecular weight excluding hydrogens is 474 g/mol. The minimum Gasteiger partial charge on any atom is -0.319 e. The maximum Gasteiger partial charge on any atom is 0.273 e. The predicted molar refractivity (Wildman–Crippen MR) is 126 cm³/mol. The van der Waals surface area contributed by atoms with Crippen LogP contribution in [0.1, 0.15) is 5.56 Å². The van der Waals surface area contributed by atoms with E-state index in [2.05, 4.69) is 16.6 Å². The topological polar surface area (TPSA) is 74.2 Å². The molecule has 4 aromatic rings. The van der Waals surface area contributed by atoms with Gasteiger partial charge in [0, 0.05) is 23.1 Å². The van der Waals surface area contributed by atoms with Gasteiger partial charge in [-0.05, 0) is 23.8 Å². The van der Waals surface area contributed by atoms with Gasteiger partial charge in [0.15, 0.2) is 14.4 Å².